The third-order valence-corrected chi connectivity index (χ3v) is 2.23. The molecule has 1 aliphatic carbocycles. The van der Waals surface area contributed by atoms with Crippen molar-refractivity contribution in [3.8, 4) is 0 Å². The minimum atomic E-state index is 0.982. The summed E-state index contributed by atoms with van der Waals surface area (Å²) in [6.45, 7) is 9.91. The summed E-state index contributed by atoms with van der Waals surface area (Å²) in [6, 6.07) is 0. The smallest absolute Gasteiger partial charge is 0.0613 e. The number of nitrogens with zero attached hydrogens (tertiary/aromatic N) is 1. The van der Waals surface area contributed by atoms with E-state index in [1.165, 1.54) is 5.57 Å². The van der Waals surface area contributed by atoms with Crippen LogP contribution in [-0.4, -0.2) is 5.71 Å². The zero-order valence-corrected chi connectivity index (χ0v) is 9.17. The molecule has 0 saturated heterocycles. The number of hydrogen-bond acceptors (Lipinski definition) is 1. The lowest BCUT2D eigenvalue weighted by Gasteiger charge is -2.04. The summed E-state index contributed by atoms with van der Waals surface area (Å²) in [5.41, 5.74) is 4.38. The molecule has 0 aliphatic heterocycles. The highest BCUT2D eigenvalue weighted by atomic mass is 14.8. The molecule has 0 saturated carbocycles. The molecule has 0 fully saturated rings. The molecule has 0 radical (unpaired) electrons. The second kappa shape index (κ2) is 4.75. The molecule has 0 unspecified atom stereocenters. The molecule has 0 aromatic carbocycles. The standard InChI is InChI=1S/C13H17N/c1-5-13(10(2)3)14-11(4)12-8-6-7-9-12/h5-8H,2,9H2,1,3-4H3/b13-5-,14-11?. The van der Waals surface area contributed by atoms with Crippen molar-refractivity contribution < 1.29 is 0 Å². The second-order valence-corrected chi connectivity index (χ2v) is 3.48. The van der Waals surface area contributed by atoms with Gasteiger partial charge in [0.2, 0.25) is 0 Å². The lowest BCUT2D eigenvalue weighted by molar-refractivity contribution is 1.25. The lowest BCUT2D eigenvalue weighted by atomic mass is 10.1. The average Bonchev–Trinajstić information content (AvgIpc) is 2.65. The van der Waals surface area contributed by atoms with Crippen molar-refractivity contribution in [1.29, 1.82) is 0 Å². The van der Waals surface area contributed by atoms with E-state index in [4.69, 9.17) is 0 Å². The molecule has 0 amide bonds. The topological polar surface area (TPSA) is 12.4 Å². The van der Waals surface area contributed by atoms with Crippen LogP contribution in [0.3, 0.4) is 0 Å². The molecule has 0 bridgehead atoms. The summed E-state index contributed by atoms with van der Waals surface area (Å²) in [5.74, 6) is 0. The first-order valence-electron chi connectivity index (χ1n) is 4.88. The molecule has 74 valence electrons. The van der Waals surface area contributed by atoms with E-state index in [0.717, 1.165) is 23.4 Å². The summed E-state index contributed by atoms with van der Waals surface area (Å²) in [7, 11) is 0. The van der Waals surface area contributed by atoms with Gasteiger partial charge in [0.1, 0.15) is 0 Å². The first-order valence-corrected chi connectivity index (χ1v) is 4.88. The Kier molecular flexibility index (Phi) is 3.63. The van der Waals surface area contributed by atoms with E-state index in [1.807, 2.05) is 26.8 Å². The van der Waals surface area contributed by atoms with Gasteiger partial charge in [0, 0.05) is 5.71 Å². The Bertz CT molecular complexity index is 351. The van der Waals surface area contributed by atoms with E-state index in [2.05, 4.69) is 29.8 Å². The monoisotopic (exact) mass is 187 g/mol. The van der Waals surface area contributed by atoms with E-state index in [0.29, 0.717) is 0 Å². The van der Waals surface area contributed by atoms with E-state index >= 15 is 0 Å². The van der Waals surface area contributed by atoms with Gasteiger partial charge >= 0.3 is 0 Å². The zero-order valence-electron chi connectivity index (χ0n) is 9.17. The highest BCUT2D eigenvalue weighted by Gasteiger charge is 2.03. The van der Waals surface area contributed by atoms with Gasteiger partial charge in [0.15, 0.2) is 0 Å². The minimum absolute atomic E-state index is 0.982. The molecule has 0 heterocycles. The fraction of sp³-hybridized carbons (Fsp3) is 0.308. The lowest BCUT2D eigenvalue weighted by Crippen LogP contribution is -1.96. The van der Waals surface area contributed by atoms with Gasteiger partial charge in [-0.05, 0) is 38.3 Å². The van der Waals surface area contributed by atoms with Gasteiger partial charge in [0.05, 0.1) is 5.70 Å². The predicted molar refractivity (Wildman–Crippen MR) is 63.5 cm³/mol. The van der Waals surface area contributed by atoms with Crippen LogP contribution in [0, 0.1) is 0 Å². The van der Waals surface area contributed by atoms with Crippen LogP contribution in [0.25, 0.3) is 0 Å². The molecule has 0 N–H and O–H groups in total. The molecule has 0 atom stereocenters. The van der Waals surface area contributed by atoms with Crippen molar-refractivity contribution in [2.24, 2.45) is 4.99 Å². The normalized spacial score (nSPS) is 17.2. The van der Waals surface area contributed by atoms with E-state index < -0.39 is 0 Å². The van der Waals surface area contributed by atoms with Crippen molar-refractivity contribution in [3.05, 3.63) is 47.7 Å². The Labute approximate surface area is 86.2 Å². The van der Waals surface area contributed by atoms with Crippen LogP contribution in [0.1, 0.15) is 27.2 Å². The number of hydrogen-bond donors (Lipinski definition) is 0. The molecular formula is C13H17N. The van der Waals surface area contributed by atoms with Crippen molar-refractivity contribution in [3.63, 3.8) is 0 Å². The molecule has 0 aromatic rings. The zero-order chi connectivity index (χ0) is 10.6. The summed E-state index contributed by atoms with van der Waals surface area (Å²) in [4.78, 5) is 4.55. The maximum absolute atomic E-state index is 4.55. The van der Waals surface area contributed by atoms with Gasteiger partial charge in [-0.2, -0.15) is 0 Å². The molecule has 14 heavy (non-hydrogen) atoms. The molecule has 1 rings (SSSR count). The third kappa shape index (κ3) is 2.56. The third-order valence-electron chi connectivity index (χ3n) is 2.23. The molecule has 1 aliphatic rings. The van der Waals surface area contributed by atoms with Gasteiger partial charge in [0.25, 0.3) is 0 Å². The van der Waals surface area contributed by atoms with Crippen LogP contribution in [0.5, 0.6) is 0 Å². The van der Waals surface area contributed by atoms with Crippen molar-refractivity contribution in [2.75, 3.05) is 0 Å². The quantitative estimate of drug-likeness (QED) is 0.470. The maximum Gasteiger partial charge on any atom is 0.0613 e. The highest BCUT2D eigenvalue weighted by molar-refractivity contribution is 6.00. The van der Waals surface area contributed by atoms with Crippen molar-refractivity contribution in [2.45, 2.75) is 27.2 Å². The summed E-state index contributed by atoms with van der Waals surface area (Å²) < 4.78 is 0. The number of rotatable bonds is 3. The Hall–Kier alpha value is -1.37. The molecule has 1 heteroatoms. The Balaban J connectivity index is 2.82. The van der Waals surface area contributed by atoms with Gasteiger partial charge in [-0.3, -0.25) is 4.99 Å². The van der Waals surface area contributed by atoms with Crippen LogP contribution in [0.4, 0.5) is 0 Å². The van der Waals surface area contributed by atoms with Gasteiger partial charge in [-0.1, -0.05) is 30.9 Å². The number of allylic oxidation sites excluding steroid dienone is 6. The molecule has 0 spiro atoms. The van der Waals surface area contributed by atoms with Crippen molar-refractivity contribution >= 4 is 5.71 Å². The molecule has 0 aromatic heterocycles. The summed E-state index contributed by atoms with van der Waals surface area (Å²) in [6.07, 6.45) is 9.33. The first kappa shape index (κ1) is 10.7. The van der Waals surface area contributed by atoms with E-state index in [1.54, 1.807) is 0 Å². The fourth-order valence-corrected chi connectivity index (χ4v) is 1.37. The largest absolute Gasteiger partial charge is 0.254 e. The van der Waals surface area contributed by atoms with Crippen molar-refractivity contribution in [1.82, 2.24) is 0 Å². The van der Waals surface area contributed by atoms with Gasteiger partial charge in [-0.25, -0.2) is 0 Å². The van der Waals surface area contributed by atoms with E-state index in [9.17, 15) is 0 Å². The predicted octanol–water partition coefficient (Wildman–Crippen LogP) is 3.81. The Morgan fingerprint density at radius 1 is 1.50 bits per heavy atom. The fourth-order valence-electron chi connectivity index (χ4n) is 1.37. The first-order chi connectivity index (χ1) is 6.65. The summed E-state index contributed by atoms with van der Waals surface area (Å²) in [5, 5.41) is 0. The Morgan fingerprint density at radius 3 is 2.64 bits per heavy atom. The second-order valence-electron chi connectivity index (χ2n) is 3.48. The Morgan fingerprint density at radius 2 is 2.21 bits per heavy atom. The minimum Gasteiger partial charge on any atom is -0.254 e. The maximum atomic E-state index is 4.55. The van der Waals surface area contributed by atoms with Gasteiger partial charge < -0.3 is 0 Å². The highest BCUT2D eigenvalue weighted by Crippen LogP contribution is 2.16. The van der Waals surface area contributed by atoms with Gasteiger partial charge in [-0.15, -0.1) is 0 Å². The average molecular weight is 187 g/mol. The molecule has 1 nitrogen and oxygen atoms in total. The SMILES string of the molecule is C=C(C)/C(=C/C)N=C(C)C1=CC=CC1. The van der Waals surface area contributed by atoms with Crippen LogP contribution < -0.4 is 0 Å². The van der Waals surface area contributed by atoms with Crippen LogP contribution in [-0.2, 0) is 0 Å². The van der Waals surface area contributed by atoms with Crippen LogP contribution >= 0.6 is 0 Å². The van der Waals surface area contributed by atoms with Crippen LogP contribution in [0.15, 0.2) is 52.7 Å². The van der Waals surface area contributed by atoms with E-state index in [-0.39, 0.29) is 0 Å². The number of aliphatic imine (C=N–C) groups is 1. The summed E-state index contributed by atoms with van der Waals surface area (Å²) >= 11 is 0. The molecular weight excluding hydrogens is 170 g/mol. The van der Waals surface area contributed by atoms with Crippen LogP contribution in [0.2, 0.25) is 0 Å².